The zero-order chi connectivity index (χ0) is 26.2. The lowest BCUT2D eigenvalue weighted by molar-refractivity contribution is -0.0449. The summed E-state index contributed by atoms with van der Waals surface area (Å²) in [5.41, 5.74) is 1.16. The number of carbonyl (C=O) groups excluding carboxylic acids is 2. The van der Waals surface area contributed by atoms with Crippen molar-refractivity contribution in [3.05, 3.63) is 53.5 Å². The zero-order valence-electron chi connectivity index (χ0n) is 22.6. The largest absolute Gasteiger partial charge is 0.360 e. The van der Waals surface area contributed by atoms with E-state index in [1.807, 2.05) is 38.2 Å². The van der Waals surface area contributed by atoms with Crippen molar-refractivity contribution in [1.29, 1.82) is 0 Å². The minimum absolute atomic E-state index is 0.112. The number of hydrogen-bond acceptors (Lipinski definition) is 6. The molecule has 2 aromatic rings. The van der Waals surface area contributed by atoms with Crippen molar-refractivity contribution in [1.82, 2.24) is 25.5 Å². The van der Waals surface area contributed by atoms with Gasteiger partial charge in [-0.15, -0.1) is 0 Å². The van der Waals surface area contributed by atoms with E-state index in [1.54, 1.807) is 12.1 Å². The van der Waals surface area contributed by atoms with Crippen molar-refractivity contribution >= 4 is 17.6 Å². The maximum Gasteiger partial charge on any atom is 0.270 e. The number of aryl methyl sites for hydroxylation is 1. The predicted octanol–water partition coefficient (Wildman–Crippen LogP) is 3.42. The highest BCUT2D eigenvalue weighted by Crippen LogP contribution is 2.57. The second-order valence-corrected chi connectivity index (χ2v) is 12.1. The van der Waals surface area contributed by atoms with Crippen LogP contribution < -0.4 is 15.5 Å². The van der Waals surface area contributed by atoms with Crippen LogP contribution in [-0.2, 0) is 0 Å². The second kappa shape index (κ2) is 10.0. The first-order valence-corrected chi connectivity index (χ1v) is 13.6. The van der Waals surface area contributed by atoms with E-state index >= 15 is 0 Å². The van der Waals surface area contributed by atoms with Gasteiger partial charge in [0, 0.05) is 30.4 Å². The molecule has 37 heavy (non-hydrogen) atoms. The van der Waals surface area contributed by atoms with Crippen LogP contribution in [0.25, 0.3) is 0 Å². The third-order valence-electron chi connectivity index (χ3n) is 8.40. The number of pyridine rings is 2. The molecular weight excluding hydrogens is 464 g/mol. The molecule has 0 aromatic carbocycles. The second-order valence-electron chi connectivity index (χ2n) is 12.1. The van der Waals surface area contributed by atoms with Gasteiger partial charge < -0.3 is 20.4 Å². The summed E-state index contributed by atoms with van der Waals surface area (Å²) in [5, 5.41) is 6.80. The number of aromatic nitrogens is 2. The summed E-state index contributed by atoms with van der Waals surface area (Å²) >= 11 is 0. The molecule has 4 saturated carbocycles. The number of nitrogens with one attached hydrogen (secondary N) is 2. The number of amides is 2. The normalized spacial score (nSPS) is 27.8. The number of rotatable bonds is 9. The Balaban J connectivity index is 1.29. The molecule has 6 rings (SSSR count). The van der Waals surface area contributed by atoms with E-state index in [1.165, 1.54) is 6.42 Å². The maximum absolute atomic E-state index is 13.5. The van der Waals surface area contributed by atoms with Crippen LogP contribution in [0.1, 0.15) is 71.6 Å². The molecule has 0 saturated heterocycles. The molecule has 4 bridgehead atoms. The first kappa shape index (κ1) is 25.6. The van der Waals surface area contributed by atoms with Crippen LogP contribution in [0.4, 0.5) is 5.82 Å². The zero-order valence-corrected chi connectivity index (χ0v) is 22.6. The summed E-state index contributed by atoms with van der Waals surface area (Å²) < 4.78 is 0. The molecule has 4 aliphatic rings. The lowest BCUT2D eigenvalue weighted by atomic mass is 9.49. The molecule has 2 unspecified atom stereocenters. The quantitative estimate of drug-likeness (QED) is 0.544. The Kier molecular flexibility index (Phi) is 6.96. The first-order valence-electron chi connectivity index (χ1n) is 13.6. The molecule has 8 nitrogen and oxygen atoms in total. The van der Waals surface area contributed by atoms with E-state index in [4.69, 9.17) is 4.98 Å². The van der Waals surface area contributed by atoms with Gasteiger partial charge >= 0.3 is 0 Å². The molecule has 2 atom stereocenters. The highest BCUT2D eigenvalue weighted by atomic mass is 16.2. The van der Waals surface area contributed by atoms with Crippen LogP contribution >= 0.6 is 0 Å². The number of hydrogen-bond donors (Lipinski definition) is 2. The van der Waals surface area contributed by atoms with E-state index in [2.05, 4.69) is 39.5 Å². The van der Waals surface area contributed by atoms with Crippen LogP contribution in [-0.4, -0.2) is 72.0 Å². The van der Waals surface area contributed by atoms with E-state index in [0.29, 0.717) is 23.2 Å². The minimum atomic E-state index is -0.302. The highest BCUT2D eigenvalue weighted by Gasteiger charge is 2.58. The summed E-state index contributed by atoms with van der Waals surface area (Å²) in [6, 6.07) is 11.2. The monoisotopic (exact) mass is 504 g/mol. The fraction of sp³-hybridized carbons (Fsp3) is 0.586. The van der Waals surface area contributed by atoms with Crippen molar-refractivity contribution in [2.75, 3.05) is 39.1 Å². The average molecular weight is 505 g/mol. The van der Waals surface area contributed by atoms with Gasteiger partial charge in [0.25, 0.3) is 11.8 Å². The molecule has 2 amide bonds. The van der Waals surface area contributed by atoms with Gasteiger partial charge in [-0.05, 0) is 109 Å². The summed E-state index contributed by atoms with van der Waals surface area (Å²) in [5.74, 6) is 1.60. The minimum Gasteiger partial charge on any atom is -0.360 e. The van der Waals surface area contributed by atoms with Gasteiger partial charge in [-0.25, -0.2) is 9.97 Å². The highest BCUT2D eigenvalue weighted by molar-refractivity contribution is 5.94. The molecule has 0 radical (unpaired) electrons. The number of anilines is 1. The summed E-state index contributed by atoms with van der Waals surface area (Å²) in [6.45, 7) is 3.78. The molecule has 0 aliphatic heterocycles. The summed E-state index contributed by atoms with van der Waals surface area (Å²) in [4.78, 5) is 40.1. The van der Waals surface area contributed by atoms with Crippen LogP contribution in [0, 0.1) is 18.8 Å². The van der Waals surface area contributed by atoms with Gasteiger partial charge in [-0.2, -0.15) is 0 Å². The lowest BCUT2D eigenvalue weighted by Crippen LogP contribution is -2.70. The Morgan fingerprint density at radius 3 is 2.00 bits per heavy atom. The van der Waals surface area contributed by atoms with Crippen molar-refractivity contribution in [2.45, 2.75) is 62.9 Å². The van der Waals surface area contributed by atoms with Gasteiger partial charge in [0.2, 0.25) is 0 Å². The molecule has 4 fully saturated rings. The molecule has 0 spiro atoms. The smallest absolute Gasteiger partial charge is 0.270 e. The predicted molar refractivity (Wildman–Crippen MR) is 145 cm³/mol. The van der Waals surface area contributed by atoms with Crippen molar-refractivity contribution < 1.29 is 9.59 Å². The molecule has 4 aliphatic carbocycles. The van der Waals surface area contributed by atoms with Gasteiger partial charge in [-0.3, -0.25) is 9.59 Å². The molecule has 198 valence electrons. The van der Waals surface area contributed by atoms with Gasteiger partial charge in [0.15, 0.2) is 0 Å². The Morgan fingerprint density at radius 2 is 1.43 bits per heavy atom. The third-order valence-corrected chi connectivity index (χ3v) is 8.40. The maximum atomic E-state index is 13.5. The Morgan fingerprint density at radius 1 is 0.865 bits per heavy atom. The topological polar surface area (TPSA) is 90.5 Å². The fourth-order valence-electron chi connectivity index (χ4n) is 7.34. The van der Waals surface area contributed by atoms with Gasteiger partial charge in [-0.1, -0.05) is 12.1 Å². The standard InChI is InChI=1S/C29H40N6O2/c1-20-8-5-9-23(30-20)26(36)32-28-15-21-14-22(16-28)18-29(17-21,19-28)33-27(37)24-10-6-11-25(31-24)35(4)13-7-12-34(2)3/h5-6,8-11,21-22H,7,12-19H2,1-4H3,(H,32,36)(H,33,37). The fourth-order valence-corrected chi connectivity index (χ4v) is 7.34. The van der Waals surface area contributed by atoms with Gasteiger partial charge in [0.05, 0.1) is 0 Å². The lowest BCUT2D eigenvalue weighted by Gasteiger charge is -2.62. The summed E-state index contributed by atoms with van der Waals surface area (Å²) in [6.07, 6.45) is 6.87. The van der Waals surface area contributed by atoms with E-state index < -0.39 is 0 Å². The number of nitrogens with zero attached hydrogens (tertiary/aromatic N) is 4. The third kappa shape index (κ3) is 5.64. The molecule has 2 N–H and O–H groups in total. The van der Waals surface area contributed by atoms with Crippen LogP contribution in [0.2, 0.25) is 0 Å². The molecule has 2 aromatic heterocycles. The average Bonchev–Trinajstić information content (AvgIpc) is 2.82. The van der Waals surface area contributed by atoms with E-state index in [0.717, 1.165) is 63.1 Å². The Bertz CT molecular complexity index is 1150. The van der Waals surface area contributed by atoms with E-state index in [9.17, 15) is 9.59 Å². The van der Waals surface area contributed by atoms with Crippen molar-refractivity contribution in [2.24, 2.45) is 11.8 Å². The first-order chi connectivity index (χ1) is 17.6. The van der Waals surface area contributed by atoms with Gasteiger partial charge in [0.1, 0.15) is 17.2 Å². The van der Waals surface area contributed by atoms with Crippen molar-refractivity contribution in [3.8, 4) is 0 Å². The van der Waals surface area contributed by atoms with Crippen molar-refractivity contribution in [3.63, 3.8) is 0 Å². The van der Waals surface area contributed by atoms with Crippen LogP contribution in [0.15, 0.2) is 36.4 Å². The summed E-state index contributed by atoms with van der Waals surface area (Å²) in [7, 11) is 6.17. The molecule has 2 heterocycles. The Labute approximate surface area is 220 Å². The van der Waals surface area contributed by atoms with Crippen LogP contribution in [0.5, 0.6) is 0 Å². The SMILES string of the molecule is Cc1cccc(C(=O)NC23CC4CC(C2)CC(NC(=O)c2cccc(N(C)CCCN(C)C)n2)(C4)C3)n1. The van der Waals surface area contributed by atoms with Crippen LogP contribution in [0.3, 0.4) is 0 Å². The molecular formula is C29H40N6O2. The van der Waals surface area contributed by atoms with E-state index in [-0.39, 0.29) is 22.9 Å². The number of carbonyl (C=O) groups is 2. The Hall–Kier alpha value is -3.00. The molecule has 8 heteroatoms.